The average Bonchev–Trinajstić information content (AvgIpc) is 1.63. The van der Waals surface area contributed by atoms with Crippen LogP contribution in [0, 0.1) is 11.3 Å². The Morgan fingerprint density at radius 2 is 2.25 bits per heavy atom. The van der Waals surface area contributed by atoms with Gasteiger partial charge in [-0.25, -0.2) is 0 Å². The minimum atomic E-state index is -0.514. The largest absolute Gasteiger partial charge is 0.393 e. The second kappa shape index (κ2) is 1.64. The van der Waals surface area contributed by atoms with Gasteiger partial charge in [-0.15, -0.1) is 0 Å². The third-order valence-corrected chi connectivity index (χ3v) is 1.82. The summed E-state index contributed by atoms with van der Waals surface area (Å²) in [6.07, 6.45) is 0.756. The van der Waals surface area contributed by atoms with Gasteiger partial charge < -0.3 is 5.11 Å². The number of nitriles is 1. The van der Waals surface area contributed by atoms with Gasteiger partial charge in [-0.2, -0.15) is 17.9 Å². The van der Waals surface area contributed by atoms with Crippen molar-refractivity contribution in [2.45, 2.75) is 23.7 Å². The highest BCUT2D eigenvalue weighted by molar-refractivity contribution is 7.82. The zero-order valence-corrected chi connectivity index (χ0v) is 5.23. The van der Waals surface area contributed by atoms with E-state index in [1.807, 2.05) is 6.07 Å². The van der Waals surface area contributed by atoms with Crippen LogP contribution in [0.2, 0.25) is 0 Å². The Balaban J connectivity index is 2.44. The van der Waals surface area contributed by atoms with Crippen molar-refractivity contribution in [2.75, 3.05) is 0 Å². The molecule has 44 valence electrons. The summed E-state index contributed by atoms with van der Waals surface area (Å²) >= 11 is 4.01. The second-order valence-corrected chi connectivity index (χ2v) is 3.06. The highest BCUT2D eigenvalue weighted by Crippen LogP contribution is 2.37. The van der Waals surface area contributed by atoms with Gasteiger partial charge in [-0.3, -0.25) is 0 Å². The summed E-state index contributed by atoms with van der Waals surface area (Å²) in [5.74, 6) is 0. The maximum atomic E-state index is 8.71. The lowest BCUT2D eigenvalue weighted by Gasteiger charge is -2.34. The molecule has 0 aromatic carbocycles. The van der Waals surface area contributed by atoms with Crippen LogP contribution < -0.4 is 0 Å². The molecule has 0 atom stereocenters. The number of rotatable bonds is 0. The van der Waals surface area contributed by atoms with Gasteiger partial charge >= 0.3 is 0 Å². The summed E-state index contributed by atoms with van der Waals surface area (Å²) in [6.45, 7) is 0. The molecule has 0 aromatic rings. The Morgan fingerprint density at radius 1 is 1.75 bits per heavy atom. The highest BCUT2D eigenvalue weighted by Gasteiger charge is 2.40. The van der Waals surface area contributed by atoms with E-state index < -0.39 is 4.75 Å². The predicted molar refractivity (Wildman–Crippen MR) is 32.6 cm³/mol. The molecule has 1 rings (SSSR count). The zero-order valence-electron chi connectivity index (χ0n) is 4.33. The van der Waals surface area contributed by atoms with E-state index in [0.29, 0.717) is 12.8 Å². The molecule has 0 bridgehead atoms. The third kappa shape index (κ3) is 0.816. The first-order valence-corrected chi connectivity index (χ1v) is 2.93. The van der Waals surface area contributed by atoms with Crippen molar-refractivity contribution in [2.24, 2.45) is 0 Å². The molecule has 0 radical (unpaired) electrons. The highest BCUT2D eigenvalue weighted by atomic mass is 32.1. The summed E-state index contributed by atoms with van der Waals surface area (Å²) in [5.41, 5.74) is 0. The average molecular weight is 129 g/mol. The Bertz CT molecular complexity index is 134. The molecule has 2 nitrogen and oxygen atoms in total. The van der Waals surface area contributed by atoms with Crippen molar-refractivity contribution in [3.05, 3.63) is 0 Å². The molecule has 0 aliphatic heterocycles. The van der Waals surface area contributed by atoms with E-state index >= 15 is 0 Å². The Morgan fingerprint density at radius 3 is 2.38 bits per heavy atom. The molecule has 0 saturated heterocycles. The van der Waals surface area contributed by atoms with E-state index in [2.05, 4.69) is 12.6 Å². The molecule has 1 aliphatic rings. The number of thiol groups is 1. The Hall–Kier alpha value is -0.200. The van der Waals surface area contributed by atoms with Crippen LogP contribution in [0.3, 0.4) is 0 Å². The summed E-state index contributed by atoms with van der Waals surface area (Å²) in [6, 6.07) is 2.01. The number of nitrogens with zero attached hydrogens (tertiary/aromatic N) is 1. The lowest BCUT2D eigenvalue weighted by Crippen LogP contribution is -2.41. The molecule has 1 aliphatic carbocycles. The van der Waals surface area contributed by atoms with Gasteiger partial charge in [0.1, 0.15) is 4.75 Å². The first-order valence-electron chi connectivity index (χ1n) is 2.48. The monoisotopic (exact) mass is 129 g/mol. The first-order chi connectivity index (χ1) is 3.66. The van der Waals surface area contributed by atoms with Crippen LogP contribution in [0.4, 0.5) is 0 Å². The van der Waals surface area contributed by atoms with Gasteiger partial charge in [0.25, 0.3) is 0 Å². The van der Waals surface area contributed by atoms with Crippen molar-refractivity contribution in [1.29, 1.82) is 5.26 Å². The third-order valence-electron chi connectivity index (χ3n) is 1.35. The second-order valence-electron chi connectivity index (χ2n) is 2.21. The SMILES string of the molecule is N#CC1(S)CC(O)C1. The minimum Gasteiger partial charge on any atom is -0.393 e. The summed E-state index contributed by atoms with van der Waals surface area (Å²) in [4.78, 5) is 0. The number of hydrogen-bond acceptors (Lipinski definition) is 3. The fraction of sp³-hybridized carbons (Fsp3) is 0.800. The van der Waals surface area contributed by atoms with E-state index in [4.69, 9.17) is 10.4 Å². The van der Waals surface area contributed by atoms with Gasteiger partial charge in [0.05, 0.1) is 12.2 Å². The molecule has 3 heteroatoms. The van der Waals surface area contributed by atoms with Crippen LogP contribution in [-0.4, -0.2) is 16.0 Å². The van der Waals surface area contributed by atoms with Gasteiger partial charge in [-0.05, 0) is 0 Å². The van der Waals surface area contributed by atoms with Crippen LogP contribution in [0.15, 0.2) is 0 Å². The quantitative estimate of drug-likeness (QED) is 0.463. The van der Waals surface area contributed by atoms with E-state index in [1.54, 1.807) is 0 Å². The fourth-order valence-corrected chi connectivity index (χ4v) is 1.23. The van der Waals surface area contributed by atoms with Crippen LogP contribution in [0.25, 0.3) is 0 Å². The molecule has 1 fully saturated rings. The summed E-state index contributed by atoms with van der Waals surface area (Å²) in [7, 11) is 0. The maximum Gasteiger partial charge on any atom is 0.104 e. The Labute approximate surface area is 53.5 Å². The van der Waals surface area contributed by atoms with Gasteiger partial charge in [0.15, 0.2) is 0 Å². The lowest BCUT2D eigenvalue weighted by molar-refractivity contribution is 0.0811. The van der Waals surface area contributed by atoms with E-state index in [1.165, 1.54) is 0 Å². The van der Waals surface area contributed by atoms with Gasteiger partial charge in [0.2, 0.25) is 0 Å². The molecular formula is C5H7NOS. The normalized spacial score (nSPS) is 44.9. The predicted octanol–water partition coefficient (Wildman–Crippen LogP) is 0.333. The molecule has 0 heterocycles. The molecule has 0 aromatic heterocycles. The number of hydrogen-bond donors (Lipinski definition) is 2. The van der Waals surface area contributed by atoms with Crippen molar-refractivity contribution < 1.29 is 5.11 Å². The van der Waals surface area contributed by atoms with Crippen molar-refractivity contribution in [3.63, 3.8) is 0 Å². The summed E-state index contributed by atoms with van der Waals surface area (Å²) in [5, 5.41) is 17.0. The molecule has 0 amide bonds. The van der Waals surface area contributed by atoms with Crippen LogP contribution in [0.5, 0.6) is 0 Å². The van der Waals surface area contributed by atoms with Crippen molar-refractivity contribution in [3.8, 4) is 6.07 Å². The first kappa shape index (κ1) is 5.93. The Kier molecular flexibility index (Phi) is 1.22. The molecule has 0 unspecified atom stereocenters. The maximum absolute atomic E-state index is 8.71. The van der Waals surface area contributed by atoms with Crippen LogP contribution in [0.1, 0.15) is 12.8 Å². The minimum absolute atomic E-state index is 0.285. The van der Waals surface area contributed by atoms with Crippen LogP contribution in [-0.2, 0) is 0 Å². The smallest absolute Gasteiger partial charge is 0.104 e. The topological polar surface area (TPSA) is 44.0 Å². The zero-order chi connectivity index (χ0) is 6.20. The molecule has 1 N–H and O–H groups in total. The van der Waals surface area contributed by atoms with E-state index in [0.717, 1.165) is 0 Å². The standard InChI is InChI=1S/C5H7NOS/c6-3-5(8)1-4(7)2-5/h4,7-8H,1-2H2. The molecule has 8 heavy (non-hydrogen) atoms. The lowest BCUT2D eigenvalue weighted by atomic mass is 9.83. The van der Waals surface area contributed by atoms with Crippen molar-refractivity contribution in [1.82, 2.24) is 0 Å². The van der Waals surface area contributed by atoms with E-state index in [9.17, 15) is 0 Å². The fourth-order valence-electron chi connectivity index (χ4n) is 0.811. The molecular weight excluding hydrogens is 122 g/mol. The number of aliphatic hydroxyl groups excluding tert-OH is 1. The molecule has 0 spiro atoms. The molecule has 1 saturated carbocycles. The number of aliphatic hydroxyl groups is 1. The van der Waals surface area contributed by atoms with Crippen molar-refractivity contribution >= 4 is 12.6 Å². The van der Waals surface area contributed by atoms with Crippen LogP contribution >= 0.6 is 12.6 Å². The van der Waals surface area contributed by atoms with Gasteiger partial charge in [-0.1, -0.05) is 0 Å². The summed E-state index contributed by atoms with van der Waals surface area (Å²) < 4.78 is -0.514. The van der Waals surface area contributed by atoms with E-state index in [-0.39, 0.29) is 6.10 Å². The van der Waals surface area contributed by atoms with Gasteiger partial charge in [0, 0.05) is 12.8 Å².